The fourth-order valence-corrected chi connectivity index (χ4v) is 2.14. The quantitative estimate of drug-likeness (QED) is 0.869. The second kappa shape index (κ2) is 5.25. The van der Waals surface area contributed by atoms with Crippen molar-refractivity contribution in [1.82, 2.24) is 15.3 Å². The van der Waals surface area contributed by atoms with Crippen molar-refractivity contribution in [1.29, 1.82) is 0 Å². The minimum Gasteiger partial charge on any atom is -0.344 e. The Labute approximate surface area is 108 Å². The van der Waals surface area contributed by atoms with Crippen LogP contribution in [0.5, 0.6) is 0 Å². The number of aromatic nitrogens is 2. The molecule has 0 radical (unpaired) electrons. The van der Waals surface area contributed by atoms with Gasteiger partial charge in [0.15, 0.2) is 0 Å². The van der Waals surface area contributed by atoms with Crippen LogP contribution in [0.2, 0.25) is 5.15 Å². The van der Waals surface area contributed by atoms with E-state index in [9.17, 15) is 4.79 Å². The summed E-state index contributed by atoms with van der Waals surface area (Å²) in [7, 11) is 0. The van der Waals surface area contributed by atoms with Gasteiger partial charge in [0, 0.05) is 11.1 Å². The van der Waals surface area contributed by atoms with Crippen molar-refractivity contribution in [3.63, 3.8) is 0 Å². The van der Waals surface area contributed by atoms with E-state index in [1.807, 2.05) is 12.3 Å². The molecule has 0 aliphatic heterocycles. The van der Waals surface area contributed by atoms with E-state index < -0.39 is 0 Å². The molecular weight excluding hydrogens is 258 g/mol. The maximum atomic E-state index is 11.7. The van der Waals surface area contributed by atoms with Crippen LogP contribution in [0.15, 0.2) is 23.6 Å². The van der Waals surface area contributed by atoms with Gasteiger partial charge in [-0.2, -0.15) is 0 Å². The summed E-state index contributed by atoms with van der Waals surface area (Å²) in [5, 5.41) is 5.87. The third kappa shape index (κ3) is 3.25. The molecule has 0 aliphatic rings. The zero-order chi connectivity index (χ0) is 12.3. The molecule has 0 saturated heterocycles. The minimum atomic E-state index is -0.250. The number of halogens is 1. The summed E-state index contributed by atoms with van der Waals surface area (Å²) in [4.78, 5) is 19.9. The molecule has 17 heavy (non-hydrogen) atoms. The Kier molecular flexibility index (Phi) is 3.71. The van der Waals surface area contributed by atoms with Gasteiger partial charge in [-0.1, -0.05) is 17.7 Å². The van der Waals surface area contributed by atoms with Crippen molar-refractivity contribution in [3.05, 3.63) is 45.1 Å². The van der Waals surface area contributed by atoms with Crippen LogP contribution in [0.1, 0.15) is 21.2 Å². The minimum absolute atomic E-state index is 0.250. The first-order chi connectivity index (χ1) is 8.15. The zero-order valence-electron chi connectivity index (χ0n) is 9.11. The predicted octanol–water partition coefficient (Wildman–Crippen LogP) is 2.43. The third-order valence-corrected chi connectivity index (χ3v) is 3.19. The number of thiazole rings is 1. The number of rotatable bonds is 3. The highest BCUT2D eigenvalue weighted by Gasteiger charge is 2.08. The molecule has 0 aliphatic carbocycles. The number of carbonyl (C=O) groups is 1. The number of hydrogen-bond acceptors (Lipinski definition) is 4. The summed E-state index contributed by atoms with van der Waals surface area (Å²) in [5.41, 5.74) is 1.27. The van der Waals surface area contributed by atoms with Crippen LogP contribution >= 0.6 is 22.9 Å². The topological polar surface area (TPSA) is 54.9 Å². The first kappa shape index (κ1) is 12.0. The molecule has 1 amide bonds. The highest BCUT2D eigenvalue weighted by atomic mass is 35.5. The van der Waals surface area contributed by atoms with E-state index in [0.29, 0.717) is 17.4 Å². The molecule has 0 spiro atoms. The number of nitrogens with zero attached hydrogens (tertiary/aromatic N) is 2. The van der Waals surface area contributed by atoms with Crippen molar-refractivity contribution in [2.45, 2.75) is 13.5 Å². The van der Waals surface area contributed by atoms with Crippen LogP contribution in [0, 0.1) is 6.92 Å². The molecule has 0 saturated carbocycles. The zero-order valence-corrected chi connectivity index (χ0v) is 10.7. The number of pyridine rings is 1. The third-order valence-electron chi connectivity index (χ3n) is 2.01. The van der Waals surface area contributed by atoms with E-state index in [0.717, 1.165) is 10.7 Å². The van der Waals surface area contributed by atoms with E-state index in [4.69, 9.17) is 11.6 Å². The Morgan fingerprint density at radius 2 is 2.29 bits per heavy atom. The molecular formula is C11H10ClN3OS. The molecule has 2 heterocycles. The largest absolute Gasteiger partial charge is 0.344 e. The van der Waals surface area contributed by atoms with Gasteiger partial charge in [0.1, 0.15) is 15.9 Å². The lowest BCUT2D eigenvalue weighted by molar-refractivity contribution is 0.0946. The number of amides is 1. The van der Waals surface area contributed by atoms with Crippen molar-refractivity contribution >= 4 is 28.8 Å². The lowest BCUT2D eigenvalue weighted by Crippen LogP contribution is -2.23. The molecule has 0 aromatic carbocycles. The molecule has 2 aromatic heterocycles. The van der Waals surface area contributed by atoms with Gasteiger partial charge in [0.25, 0.3) is 5.91 Å². The van der Waals surface area contributed by atoms with Gasteiger partial charge in [-0.05, 0) is 19.1 Å². The highest BCUT2D eigenvalue weighted by molar-refractivity contribution is 7.09. The Balaban J connectivity index is 1.98. The van der Waals surface area contributed by atoms with Crippen LogP contribution in [-0.4, -0.2) is 15.9 Å². The number of carbonyl (C=O) groups excluding carboxylic acids is 1. The fourth-order valence-electron chi connectivity index (χ4n) is 1.27. The summed E-state index contributed by atoms with van der Waals surface area (Å²) in [6, 6.07) is 4.94. The summed E-state index contributed by atoms with van der Waals surface area (Å²) < 4.78 is 0. The van der Waals surface area contributed by atoms with Gasteiger partial charge in [0.2, 0.25) is 0 Å². The second-order valence-electron chi connectivity index (χ2n) is 3.41. The molecule has 0 bridgehead atoms. The molecule has 0 atom stereocenters. The van der Waals surface area contributed by atoms with Crippen LogP contribution in [0.4, 0.5) is 0 Å². The lowest BCUT2D eigenvalue weighted by Gasteiger charge is -2.02. The second-order valence-corrected chi connectivity index (χ2v) is 4.74. The Hall–Kier alpha value is -1.46. The van der Waals surface area contributed by atoms with Crippen LogP contribution in [0.25, 0.3) is 0 Å². The van der Waals surface area contributed by atoms with Crippen molar-refractivity contribution in [3.8, 4) is 0 Å². The van der Waals surface area contributed by atoms with Crippen LogP contribution in [0.3, 0.4) is 0 Å². The van der Waals surface area contributed by atoms with E-state index in [2.05, 4.69) is 15.3 Å². The van der Waals surface area contributed by atoms with E-state index in [1.165, 1.54) is 11.3 Å². The predicted molar refractivity (Wildman–Crippen MR) is 67.3 cm³/mol. The lowest BCUT2D eigenvalue weighted by atomic mass is 10.3. The van der Waals surface area contributed by atoms with Crippen molar-refractivity contribution in [2.75, 3.05) is 0 Å². The van der Waals surface area contributed by atoms with E-state index in [-0.39, 0.29) is 5.91 Å². The van der Waals surface area contributed by atoms with Gasteiger partial charge in [-0.3, -0.25) is 4.79 Å². The van der Waals surface area contributed by atoms with Crippen molar-refractivity contribution < 1.29 is 4.79 Å². The normalized spacial score (nSPS) is 10.2. The Morgan fingerprint density at radius 3 is 2.94 bits per heavy atom. The number of nitrogens with one attached hydrogen (secondary N) is 1. The summed E-state index contributed by atoms with van der Waals surface area (Å²) in [6.07, 6.45) is 0. The van der Waals surface area contributed by atoms with E-state index in [1.54, 1.807) is 18.2 Å². The Morgan fingerprint density at radius 1 is 1.47 bits per heavy atom. The first-order valence-electron chi connectivity index (χ1n) is 4.97. The number of aryl methyl sites for hydroxylation is 1. The molecule has 2 aromatic rings. The highest BCUT2D eigenvalue weighted by Crippen LogP contribution is 2.09. The van der Waals surface area contributed by atoms with Gasteiger partial charge in [-0.25, -0.2) is 9.97 Å². The van der Waals surface area contributed by atoms with Crippen LogP contribution < -0.4 is 5.32 Å². The maximum Gasteiger partial charge on any atom is 0.270 e. The first-order valence-corrected chi connectivity index (χ1v) is 6.22. The fraction of sp³-hybridized carbons (Fsp3) is 0.182. The summed E-state index contributed by atoms with van der Waals surface area (Å²) >= 11 is 7.23. The molecule has 4 nitrogen and oxygen atoms in total. The van der Waals surface area contributed by atoms with Gasteiger partial charge >= 0.3 is 0 Å². The monoisotopic (exact) mass is 267 g/mol. The molecule has 1 N–H and O–H groups in total. The molecule has 0 unspecified atom stereocenters. The standard InChI is InChI=1S/C11H10ClN3OS/c1-7-6-17-10(14-7)5-13-11(16)8-3-2-4-9(12)15-8/h2-4,6H,5H2,1H3,(H,13,16). The maximum absolute atomic E-state index is 11.7. The van der Waals surface area contributed by atoms with Gasteiger partial charge in [-0.15, -0.1) is 11.3 Å². The average Bonchev–Trinajstić information content (AvgIpc) is 2.72. The SMILES string of the molecule is Cc1csc(CNC(=O)c2cccc(Cl)n2)n1. The van der Waals surface area contributed by atoms with Crippen molar-refractivity contribution in [2.24, 2.45) is 0 Å². The molecule has 6 heteroatoms. The Bertz CT molecular complexity index is 541. The van der Waals surface area contributed by atoms with E-state index >= 15 is 0 Å². The summed E-state index contributed by atoms with van der Waals surface area (Å²) in [5.74, 6) is -0.250. The smallest absolute Gasteiger partial charge is 0.270 e. The number of hydrogen-bond donors (Lipinski definition) is 1. The molecule has 2 rings (SSSR count). The average molecular weight is 268 g/mol. The summed E-state index contributed by atoms with van der Waals surface area (Å²) in [6.45, 7) is 2.33. The molecule has 88 valence electrons. The molecule has 0 fully saturated rings. The van der Waals surface area contributed by atoms with Gasteiger partial charge < -0.3 is 5.32 Å². The van der Waals surface area contributed by atoms with Crippen LogP contribution in [-0.2, 0) is 6.54 Å². The van der Waals surface area contributed by atoms with Gasteiger partial charge in [0.05, 0.1) is 6.54 Å².